The number of anilines is 1. The summed E-state index contributed by atoms with van der Waals surface area (Å²) in [5.74, 6) is -0.878. The second kappa shape index (κ2) is 9.25. The van der Waals surface area contributed by atoms with Crippen molar-refractivity contribution in [3.8, 4) is 5.75 Å². The number of aromatic nitrogens is 1. The van der Waals surface area contributed by atoms with Crippen molar-refractivity contribution in [1.29, 1.82) is 0 Å². The third-order valence-corrected chi connectivity index (χ3v) is 5.44. The van der Waals surface area contributed by atoms with Crippen LogP contribution in [0.25, 0.3) is 17.0 Å². The quantitative estimate of drug-likeness (QED) is 0.262. The number of nitrogens with zero attached hydrogens (tertiary/aromatic N) is 2. The number of nitrogens with one attached hydrogen (secondary N) is 1. The third kappa shape index (κ3) is 4.35. The molecule has 4 rings (SSSR count). The summed E-state index contributed by atoms with van der Waals surface area (Å²) in [5, 5.41) is 3.37. The second-order valence-electron chi connectivity index (χ2n) is 7.19. The van der Waals surface area contributed by atoms with Gasteiger partial charge in [-0.1, -0.05) is 18.2 Å². The van der Waals surface area contributed by atoms with Gasteiger partial charge in [0.2, 0.25) is 0 Å². The molecule has 0 bridgehead atoms. The maximum atomic E-state index is 13.3. The van der Waals surface area contributed by atoms with Crippen molar-refractivity contribution in [1.82, 2.24) is 9.88 Å². The van der Waals surface area contributed by atoms with Gasteiger partial charge in [-0.05, 0) is 55.5 Å². The molecule has 1 aliphatic rings. The first-order valence-corrected chi connectivity index (χ1v) is 10.6. The Bertz CT molecular complexity index is 1290. The summed E-state index contributed by atoms with van der Waals surface area (Å²) in [6, 6.07) is 14.2. The standard InChI is InChI=1S/C24H21N3O5S/c1-3-32-21(28)14-26-13-15(18-6-4-5-7-20(18)26)12-19-22(29)25-24(33)27(23(19)30)16-8-10-17(31-2)11-9-16/h4-13H,3,14H2,1-2H3,(H,25,29,33)/b19-12-. The van der Waals surface area contributed by atoms with Crippen molar-refractivity contribution in [2.24, 2.45) is 0 Å². The first kappa shape index (κ1) is 22.2. The van der Waals surface area contributed by atoms with Crippen molar-refractivity contribution < 1.29 is 23.9 Å². The first-order valence-electron chi connectivity index (χ1n) is 10.2. The maximum Gasteiger partial charge on any atom is 0.325 e. The molecule has 0 aliphatic carbocycles. The molecule has 0 spiro atoms. The smallest absolute Gasteiger partial charge is 0.325 e. The van der Waals surface area contributed by atoms with Crippen molar-refractivity contribution in [2.75, 3.05) is 18.6 Å². The van der Waals surface area contributed by atoms with E-state index in [1.54, 1.807) is 49.1 Å². The molecule has 1 aliphatic heterocycles. The van der Waals surface area contributed by atoms with Crippen LogP contribution in [0.5, 0.6) is 5.75 Å². The fraction of sp³-hybridized carbons (Fsp3) is 0.167. The molecule has 1 aromatic heterocycles. The van der Waals surface area contributed by atoms with E-state index in [2.05, 4.69) is 5.32 Å². The summed E-state index contributed by atoms with van der Waals surface area (Å²) in [4.78, 5) is 39.3. The average molecular weight is 464 g/mol. The first-order chi connectivity index (χ1) is 15.9. The number of benzene rings is 2. The third-order valence-electron chi connectivity index (χ3n) is 5.16. The molecule has 33 heavy (non-hydrogen) atoms. The number of esters is 1. The number of carbonyl (C=O) groups is 3. The van der Waals surface area contributed by atoms with E-state index >= 15 is 0 Å². The zero-order chi connectivity index (χ0) is 23.5. The van der Waals surface area contributed by atoms with Crippen molar-refractivity contribution in [2.45, 2.75) is 13.5 Å². The summed E-state index contributed by atoms with van der Waals surface area (Å²) in [7, 11) is 1.55. The van der Waals surface area contributed by atoms with Crippen LogP contribution in [0, 0.1) is 0 Å². The molecule has 1 fully saturated rings. The number of thiocarbonyl (C=S) groups is 1. The highest BCUT2D eigenvalue weighted by Crippen LogP contribution is 2.27. The SMILES string of the molecule is CCOC(=O)Cn1cc(/C=C2/C(=O)NC(=S)N(c3ccc(OC)cc3)C2=O)c2ccccc21. The molecule has 168 valence electrons. The Labute approximate surface area is 195 Å². The van der Waals surface area contributed by atoms with Gasteiger partial charge in [0.05, 0.1) is 19.4 Å². The molecule has 8 nitrogen and oxygen atoms in total. The van der Waals surface area contributed by atoms with Gasteiger partial charge in [-0.25, -0.2) is 0 Å². The highest BCUT2D eigenvalue weighted by molar-refractivity contribution is 7.80. The fourth-order valence-corrected chi connectivity index (χ4v) is 3.93. The van der Waals surface area contributed by atoms with Gasteiger partial charge in [-0.15, -0.1) is 0 Å². The Morgan fingerprint density at radius 1 is 1.12 bits per heavy atom. The largest absolute Gasteiger partial charge is 0.497 e. The van der Waals surface area contributed by atoms with Crippen LogP contribution in [0.2, 0.25) is 0 Å². The average Bonchev–Trinajstić information content (AvgIpc) is 3.14. The number of carbonyl (C=O) groups excluding carboxylic acids is 3. The van der Waals surface area contributed by atoms with Crippen LogP contribution >= 0.6 is 12.2 Å². The molecule has 0 saturated carbocycles. The maximum absolute atomic E-state index is 13.3. The molecule has 2 aromatic carbocycles. The summed E-state index contributed by atoms with van der Waals surface area (Å²) in [5.41, 5.74) is 1.83. The number of fused-ring (bicyclic) bond motifs is 1. The molecule has 2 heterocycles. The normalized spacial score (nSPS) is 15.2. The Hall–Kier alpha value is -3.98. The van der Waals surface area contributed by atoms with Crippen molar-refractivity contribution in [3.63, 3.8) is 0 Å². The number of hydrogen-bond donors (Lipinski definition) is 1. The van der Waals surface area contributed by atoms with Crippen LogP contribution in [-0.2, 0) is 25.7 Å². The Kier molecular flexibility index (Phi) is 6.23. The number of ether oxygens (including phenoxy) is 2. The van der Waals surface area contributed by atoms with Crippen LogP contribution in [-0.4, -0.2) is 41.2 Å². The molecule has 3 aromatic rings. The number of para-hydroxylation sites is 1. The molecule has 1 saturated heterocycles. The monoisotopic (exact) mass is 463 g/mol. The van der Waals surface area contributed by atoms with Gasteiger partial charge in [0, 0.05) is 22.7 Å². The van der Waals surface area contributed by atoms with E-state index in [9.17, 15) is 14.4 Å². The van der Waals surface area contributed by atoms with E-state index in [0.717, 1.165) is 10.9 Å². The molecule has 1 N–H and O–H groups in total. The highest BCUT2D eigenvalue weighted by Gasteiger charge is 2.34. The lowest BCUT2D eigenvalue weighted by Crippen LogP contribution is -2.54. The second-order valence-corrected chi connectivity index (χ2v) is 7.58. The van der Waals surface area contributed by atoms with Gasteiger partial charge in [0.15, 0.2) is 5.11 Å². The van der Waals surface area contributed by atoms with Gasteiger partial charge in [-0.2, -0.15) is 0 Å². The molecular formula is C24H21N3O5S. The highest BCUT2D eigenvalue weighted by atomic mass is 32.1. The number of rotatable bonds is 6. The van der Waals surface area contributed by atoms with Crippen LogP contribution in [0.15, 0.2) is 60.3 Å². The van der Waals surface area contributed by atoms with Gasteiger partial charge in [-0.3, -0.25) is 24.6 Å². The Morgan fingerprint density at radius 2 is 1.85 bits per heavy atom. The van der Waals surface area contributed by atoms with E-state index in [1.807, 2.05) is 24.3 Å². The molecule has 0 unspecified atom stereocenters. The van der Waals surface area contributed by atoms with Gasteiger partial charge >= 0.3 is 5.97 Å². The number of amides is 2. The van der Waals surface area contributed by atoms with Crippen molar-refractivity contribution in [3.05, 3.63) is 65.9 Å². The molecule has 9 heteroatoms. The van der Waals surface area contributed by atoms with Gasteiger partial charge < -0.3 is 14.0 Å². The zero-order valence-corrected chi connectivity index (χ0v) is 18.8. The van der Waals surface area contributed by atoms with Crippen LogP contribution in [0.1, 0.15) is 12.5 Å². The summed E-state index contributed by atoms with van der Waals surface area (Å²) in [6.07, 6.45) is 3.24. The number of hydrogen-bond acceptors (Lipinski definition) is 6. The lowest BCUT2D eigenvalue weighted by Gasteiger charge is -2.29. The van der Waals surface area contributed by atoms with Crippen molar-refractivity contribution >= 4 is 57.8 Å². The van der Waals surface area contributed by atoms with Gasteiger partial charge in [0.25, 0.3) is 11.8 Å². The van der Waals surface area contributed by atoms with E-state index in [1.165, 1.54) is 11.0 Å². The summed E-state index contributed by atoms with van der Waals surface area (Å²) in [6.45, 7) is 2.04. The zero-order valence-electron chi connectivity index (χ0n) is 18.0. The summed E-state index contributed by atoms with van der Waals surface area (Å²) < 4.78 is 11.9. The minimum atomic E-state index is -0.586. The van der Waals surface area contributed by atoms with E-state index in [4.69, 9.17) is 21.7 Å². The molecular weight excluding hydrogens is 442 g/mol. The lowest BCUT2D eigenvalue weighted by molar-refractivity contribution is -0.143. The van der Waals surface area contributed by atoms with Crippen LogP contribution in [0.3, 0.4) is 0 Å². The minimum Gasteiger partial charge on any atom is -0.497 e. The fourth-order valence-electron chi connectivity index (χ4n) is 3.65. The lowest BCUT2D eigenvalue weighted by atomic mass is 10.1. The van der Waals surface area contributed by atoms with Crippen LogP contribution < -0.4 is 15.0 Å². The Balaban J connectivity index is 1.74. The van der Waals surface area contributed by atoms with E-state index in [-0.39, 0.29) is 29.8 Å². The molecule has 0 radical (unpaired) electrons. The summed E-state index contributed by atoms with van der Waals surface area (Å²) >= 11 is 5.25. The van der Waals surface area contributed by atoms with E-state index < -0.39 is 11.8 Å². The Morgan fingerprint density at radius 3 is 2.55 bits per heavy atom. The predicted octanol–water partition coefficient (Wildman–Crippen LogP) is 3.04. The van der Waals surface area contributed by atoms with E-state index in [0.29, 0.717) is 17.0 Å². The molecule has 0 atom stereocenters. The van der Waals surface area contributed by atoms with Gasteiger partial charge in [0.1, 0.15) is 17.9 Å². The molecule has 2 amide bonds. The van der Waals surface area contributed by atoms with Crippen LogP contribution in [0.4, 0.5) is 5.69 Å². The minimum absolute atomic E-state index is 0.00273. The topological polar surface area (TPSA) is 89.9 Å². The number of methoxy groups -OCH3 is 1. The predicted molar refractivity (Wildman–Crippen MR) is 128 cm³/mol.